The molecule has 4 N–H and O–H groups in total. The molecule has 0 aliphatic carbocycles. The molecule has 0 aliphatic rings. The molecule has 0 aromatic carbocycles. The number of nitrogens with two attached hydrogens (primary N) is 2. The standard InChI is InChI=1S/C7H12N4O/c1-3-4-10-6(9)5(8)7(11-4)12-2/h3,8H2,1-2H3,(H2,9,10,11). The van der Waals surface area contributed by atoms with E-state index in [9.17, 15) is 0 Å². The van der Waals surface area contributed by atoms with Crippen LogP contribution in [0, 0.1) is 0 Å². The molecule has 12 heavy (non-hydrogen) atoms. The maximum Gasteiger partial charge on any atom is 0.242 e. The van der Waals surface area contributed by atoms with Gasteiger partial charge in [0.25, 0.3) is 0 Å². The Balaban J connectivity index is 3.19. The number of anilines is 2. The second kappa shape index (κ2) is 3.25. The van der Waals surface area contributed by atoms with Crippen LogP contribution in [0.25, 0.3) is 0 Å². The summed E-state index contributed by atoms with van der Waals surface area (Å²) < 4.78 is 4.91. The molecule has 0 radical (unpaired) electrons. The second-order valence-corrected chi connectivity index (χ2v) is 2.30. The highest BCUT2D eigenvalue weighted by atomic mass is 16.5. The van der Waals surface area contributed by atoms with Crippen molar-refractivity contribution in [3.05, 3.63) is 5.82 Å². The first-order valence-corrected chi connectivity index (χ1v) is 3.64. The summed E-state index contributed by atoms with van der Waals surface area (Å²) >= 11 is 0. The van der Waals surface area contributed by atoms with E-state index in [4.69, 9.17) is 16.2 Å². The van der Waals surface area contributed by atoms with Gasteiger partial charge in [0.15, 0.2) is 5.82 Å². The van der Waals surface area contributed by atoms with Crippen LogP contribution in [0.4, 0.5) is 11.5 Å². The van der Waals surface area contributed by atoms with Crippen molar-refractivity contribution in [2.75, 3.05) is 18.6 Å². The highest BCUT2D eigenvalue weighted by molar-refractivity contribution is 5.64. The van der Waals surface area contributed by atoms with Gasteiger partial charge in [0.05, 0.1) is 7.11 Å². The zero-order chi connectivity index (χ0) is 9.14. The largest absolute Gasteiger partial charge is 0.479 e. The minimum atomic E-state index is 0.277. The van der Waals surface area contributed by atoms with Crippen molar-refractivity contribution in [3.8, 4) is 5.88 Å². The number of methoxy groups -OCH3 is 1. The average molecular weight is 168 g/mol. The van der Waals surface area contributed by atoms with Crippen molar-refractivity contribution in [1.82, 2.24) is 9.97 Å². The van der Waals surface area contributed by atoms with Crippen LogP contribution in [-0.2, 0) is 6.42 Å². The third kappa shape index (κ3) is 1.39. The summed E-state index contributed by atoms with van der Waals surface area (Å²) in [6.07, 6.45) is 0.709. The molecule has 5 heteroatoms. The van der Waals surface area contributed by atoms with Gasteiger partial charge in [0.1, 0.15) is 11.5 Å². The highest BCUT2D eigenvalue weighted by Crippen LogP contribution is 2.22. The molecule has 1 aromatic heterocycles. The van der Waals surface area contributed by atoms with Gasteiger partial charge in [0.2, 0.25) is 5.88 Å². The van der Waals surface area contributed by atoms with Crippen LogP contribution in [0.3, 0.4) is 0 Å². The molecule has 66 valence electrons. The van der Waals surface area contributed by atoms with E-state index in [-0.39, 0.29) is 5.82 Å². The maximum atomic E-state index is 5.54. The van der Waals surface area contributed by atoms with Crippen molar-refractivity contribution >= 4 is 11.5 Å². The number of nitrogen functional groups attached to an aromatic ring is 2. The van der Waals surface area contributed by atoms with E-state index in [1.54, 1.807) is 0 Å². The van der Waals surface area contributed by atoms with Crippen LogP contribution in [0.15, 0.2) is 0 Å². The molecule has 1 aromatic rings. The molecule has 0 unspecified atom stereocenters. The first-order valence-electron chi connectivity index (χ1n) is 3.64. The molecular weight excluding hydrogens is 156 g/mol. The Hall–Kier alpha value is -1.52. The molecule has 5 nitrogen and oxygen atoms in total. The average Bonchev–Trinajstić information content (AvgIpc) is 2.09. The summed E-state index contributed by atoms with van der Waals surface area (Å²) in [5, 5.41) is 0. The van der Waals surface area contributed by atoms with E-state index >= 15 is 0 Å². The SMILES string of the molecule is CCc1nc(N)c(N)c(OC)n1. The fourth-order valence-corrected chi connectivity index (χ4v) is 0.825. The second-order valence-electron chi connectivity index (χ2n) is 2.30. The van der Waals surface area contributed by atoms with Crippen LogP contribution >= 0.6 is 0 Å². The quantitative estimate of drug-likeness (QED) is 0.659. The molecule has 0 spiro atoms. The third-order valence-electron chi connectivity index (χ3n) is 1.50. The summed E-state index contributed by atoms with van der Waals surface area (Å²) in [4.78, 5) is 7.99. The normalized spacial score (nSPS) is 9.83. The van der Waals surface area contributed by atoms with Crippen LogP contribution in [-0.4, -0.2) is 17.1 Å². The number of aromatic nitrogens is 2. The molecule has 1 rings (SSSR count). The summed E-state index contributed by atoms with van der Waals surface area (Å²) in [5.41, 5.74) is 11.4. The number of rotatable bonds is 2. The Morgan fingerprint density at radius 2 is 2.00 bits per heavy atom. The van der Waals surface area contributed by atoms with E-state index < -0.39 is 0 Å². The van der Waals surface area contributed by atoms with E-state index in [0.717, 1.165) is 0 Å². The summed E-state index contributed by atoms with van der Waals surface area (Å²) in [6.45, 7) is 1.93. The number of aryl methyl sites for hydroxylation is 1. The number of hydrogen-bond donors (Lipinski definition) is 2. The van der Waals surface area contributed by atoms with Crippen molar-refractivity contribution in [1.29, 1.82) is 0 Å². The number of ether oxygens (including phenoxy) is 1. The fourth-order valence-electron chi connectivity index (χ4n) is 0.825. The zero-order valence-corrected chi connectivity index (χ0v) is 7.16. The van der Waals surface area contributed by atoms with Crippen LogP contribution in [0.2, 0.25) is 0 Å². The third-order valence-corrected chi connectivity index (χ3v) is 1.50. The Kier molecular flexibility index (Phi) is 2.32. The Morgan fingerprint density at radius 3 is 2.50 bits per heavy atom. The molecule has 0 saturated carbocycles. The van der Waals surface area contributed by atoms with Gasteiger partial charge >= 0.3 is 0 Å². The smallest absolute Gasteiger partial charge is 0.242 e. The van der Waals surface area contributed by atoms with Gasteiger partial charge < -0.3 is 16.2 Å². The molecule has 1 heterocycles. The Bertz CT molecular complexity index is 287. The van der Waals surface area contributed by atoms with Crippen molar-refractivity contribution in [3.63, 3.8) is 0 Å². The van der Waals surface area contributed by atoms with Crippen LogP contribution in [0.1, 0.15) is 12.7 Å². The van der Waals surface area contributed by atoms with E-state index in [1.165, 1.54) is 7.11 Å². The lowest BCUT2D eigenvalue weighted by Crippen LogP contribution is -2.06. The van der Waals surface area contributed by atoms with Gasteiger partial charge in [-0.05, 0) is 0 Å². The van der Waals surface area contributed by atoms with Gasteiger partial charge in [-0.2, -0.15) is 4.98 Å². The predicted octanol–water partition coefficient (Wildman–Crippen LogP) is 0.212. The minimum absolute atomic E-state index is 0.277. The zero-order valence-electron chi connectivity index (χ0n) is 7.16. The van der Waals surface area contributed by atoms with Crippen molar-refractivity contribution in [2.24, 2.45) is 0 Å². The molecule has 0 aliphatic heterocycles. The molecular formula is C7H12N4O. The molecule has 0 amide bonds. The molecule has 0 saturated heterocycles. The topological polar surface area (TPSA) is 87.0 Å². The van der Waals surface area contributed by atoms with Gasteiger partial charge in [0, 0.05) is 6.42 Å². The van der Waals surface area contributed by atoms with Crippen LogP contribution in [0.5, 0.6) is 5.88 Å². The van der Waals surface area contributed by atoms with Gasteiger partial charge in [-0.25, -0.2) is 4.98 Å². The molecule has 0 fully saturated rings. The van der Waals surface area contributed by atoms with Crippen LogP contribution < -0.4 is 16.2 Å². The lowest BCUT2D eigenvalue weighted by molar-refractivity contribution is 0.398. The van der Waals surface area contributed by atoms with E-state index in [2.05, 4.69) is 9.97 Å². The lowest BCUT2D eigenvalue weighted by atomic mass is 10.4. The van der Waals surface area contributed by atoms with Gasteiger partial charge in [-0.1, -0.05) is 6.92 Å². The first-order chi connectivity index (χ1) is 5.69. The Morgan fingerprint density at radius 1 is 1.33 bits per heavy atom. The van der Waals surface area contributed by atoms with Crippen molar-refractivity contribution in [2.45, 2.75) is 13.3 Å². The molecule has 0 bridgehead atoms. The summed E-state index contributed by atoms with van der Waals surface area (Å²) in [5.74, 6) is 1.26. The summed E-state index contributed by atoms with van der Waals surface area (Å²) in [7, 11) is 1.50. The highest BCUT2D eigenvalue weighted by Gasteiger charge is 2.07. The Labute approximate surface area is 70.8 Å². The molecule has 0 atom stereocenters. The van der Waals surface area contributed by atoms with Gasteiger partial charge in [-0.3, -0.25) is 0 Å². The van der Waals surface area contributed by atoms with Crippen molar-refractivity contribution < 1.29 is 4.74 Å². The van der Waals surface area contributed by atoms with Gasteiger partial charge in [-0.15, -0.1) is 0 Å². The predicted molar refractivity (Wildman–Crippen MR) is 46.8 cm³/mol. The minimum Gasteiger partial charge on any atom is -0.479 e. The lowest BCUT2D eigenvalue weighted by Gasteiger charge is -2.06. The van der Waals surface area contributed by atoms with E-state index in [0.29, 0.717) is 23.8 Å². The van der Waals surface area contributed by atoms with E-state index in [1.807, 2.05) is 6.92 Å². The maximum absolute atomic E-state index is 5.54. The number of hydrogen-bond acceptors (Lipinski definition) is 5. The number of nitrogens with zero attached hydrogens (tertiary/aromatic N) is 2. The first kappa shape index (κ1) is 8.58. The fraction of sp³-hybridized carbons (Fsp3) is 0.429. The monoisotopic (exact) mass is 168 g/mol. The summed E-state index contributed by atoms with van der Waals surface area (Å²) in [6, 6.07) is 0.